The molecule has 0 bridgehead atoms. The number of carbonyl (C=O) groups excluding carboxylic acids is 3. The zero-order valence-electron chi connectivity index (χ0n) is 41.7. The highest BCUT2D eigenvalue weighted by molar-refractivity contribution is 5.96. The second kappa shape index (κ2) is 21.6. The van der Waals surface area contributed by atoms with Crippen molar-refractivity contribution in [2.24, 2.45) is 5.41 Å². The molecule has 0 radical (unpaired) electrons. The fourth-order valence-corrected chi connectivity index (χ4v) is 9.81. The lowest BCUT2D eigenvalue weighted by Gasteiger charge is -2.44. The van der Waals surface area contributed by atoms with Crippen molar-refractivity contribution in [3.8, 4) is 22.4 Å². The maximum absolute atomic E-state index is 14.9. The van der Waals surface area contributed by atoms with Crippen LogP contribution in [0, 0.1) is 5.41 Å². The lowest BCUT2D eigenvalue weighted by atomic mass is 9.84. The Balaban J connectivity index is 1.34. The van der Waals surface area contributed by atoms with Crippen molar-refractivity contribution in [3.05, 3.63) is 71.0 Å². The molecule has 374 valence electrons. The first-order chi connectivity index (χ1) is 32.8. The quantitative estimate of drug-likeness (QED) is 0.0960. The minimum atomic E-state index is -1.18. The van der Waals surface area contributed by atoms with Gasteiger partial charge in [0.2, 0.25) is 0 Å². The molecule has 2 amide bonds. The topological polar surface area (TPSA) is 177 Å². The summed E-state index contributed by atoms with van der Waals surface area (Å²) in [6.45, 7) is 20.1. The van der Waals surface area contributed by atoms with E-state index in [0.717, 1.165) is 77.5 Å². The second-order valence-electron chi connectivity index (χ2n) is 20.4. The van der Waals surface area contributed by atoms with E-state index in [-0.39, 0.29) is 37.7 Å². The molecule has 2 aromatic carbocycles. The van der Waals surface area contributed by atoms with E-state index in [4.69, 9.17) is 23.9 Å². The number of amides is 2. The minimum Gasteiger partial charge on any atom is -0.480 e. The second-order valence-corrected chi connectivity index (χ2v) is 20.4. The molecule has 2 unspecified atom stereocenters. The van der Waals surface area contributed by atoms with Gasteiger partial charge in [0.05, 0.1) is 55.2 Å². The number of nitrogens with one attached hydrogen (secondary N) is 2. The molecule has 16 nitrogen and oxygen atoms in total. The summed E-state index contributed by atoms with van der Waals surface area (Å²) in [5.74, 6) is -1.98. The number of rotatable bonds is 16. The normalized spacial score (nSPS) is 18.9. The van der Waals surface area contributed by atoms with E-state index in [0.29, 0.717) is 49.1 Å². The first kappa shape index (κ1) is 51.2. The molecular weight excluding hydrogens is 886 g/mol. The number of benzene rings is 2. The Kier molecular flexibility index (Phi) is 16.0. The first-order valence-corrected chi connectivity index (χ1v) is 24.1. The van der Waals surface area contributed by atoms with Gasteiger partial charge in [-0.2, -0.15) is 0 Å². The third kappa shape index (κ3) is 12.2. The van der Waals surface area contributed by atoms with Gasteiger partial charge in [-0.15, -0.1) is 0 Å². The van der Waals surface area contributed by atoms with E-state index in [9.17, 15) is 28.7 Å². The summed E-state index contributed by atoms with van der Waals surface area (Å²) >= 11 is 0. The molecule has 3 N–H and O–H groups in total. The summed E-state index contributed by atoms with van der Waals surface area (Å²) < 4.78 is 40.3. The number of morpholine rings is 1. The van der Waals surface area contributed by atoms with Crippen molar-refractivity contribution in [2.45, 2.75) is 124 Å². The maximum Gasteiger partial charge on any atom is 0.408 e. The van der Waals surface area contributed by atoms with E-state index >= 15 is 0 Å². The number of fused-ring (bicyclic) bond motifs is 2. The molecule has 3 aliphatic rings. The Hall–Kier alpha value is -5.62. The van der Waals surface area contributed by atoms with Crippen LogP contribution in [0.25, 0.3) is 33.3 Å². The van der Waals surface area contributed by atoms with Crippen molar-refractivity contribution in [2.75, 3.05) is 64.6 Å². The summed E-state index contributed by atoms with van der Waals surface area (Å²) in [5.41, 5.74) is 9.63. The number of alkyl halides is 1. The largest absolute Gasteiger partial charge is 0.480 e. The van der Waals surface area contributed by atoms with Gasteiger partial charge in [-0.3, -0.25) is 29.3 Å². The van der Waals surface area contributed by atoms with Gasteiger partial charge in [0, 0.05) is 81.6 Å². The fourth-order valence-electron chi connectivity index (χ4n) is 9.81. The predicted octanol–water partition coefficient (Wildman–Crippen LogP) is 7.24. The molecule has 3 aliphatic heterocycles. The number of carboxylic acid groups (broad SMARTS) is 1. The highest BCUT2D eigenvalue weighted by Crippen LogP contribution is 2.43. The fraction of sp³-hybridized carbons (Fsp3) is 0.558. The molecule has 3 fully saturated rings. The Labute approximate surface area is 404 Å². The Morgan fingerprint density at radius 3 is 2.48 bits per heavy atom. The van der Waals surface area contributed by atoms with Gasteiger partial charge in [0.15, 0.2) is 0 Å². The molecule has 17 heteroatoms. The van der Waals surface area contributed by atoms with E-state index in [2.05, 4.69) is 64.1 Å². The summed E-state index contributed by atoms with van der Waals surface area (Å²) in [5, 5.41) is 14.7. The molecule has 4 aromatic rings. The first-order valence-electron chi connectivity index (χ1n) is 24.1. The van der Waals surface area contributed by atoms with Gasteiger partial charge in [-0.05, 0) is 106 Å². The zero-order valence-corrected chi connectivity index (χ0v) is 41.7. The number of aliphatic carboxylic acids is 1. The third-order valence-corrected chi connectivity index (χ3v) is 13.2. The number of ether oxygens (including phenoxy) is 4. The molecule has 0 aliphatic carbocycles. The highest BCUT2D eigenvalue weighted by Gasteiger charge is 2.35. The molecule has 69 heavy (non-hydrogen) atoms. The number of aromatic nitrogens is 2. The van der Waals surface area contributed by atoms with Crippen molar-refractivity contribution < 1.29 is 47.6 Å². The van der Waals surface area contributed by atoms with Crippen LogP contribution < -0.4 is 15.6 Å². The van der Waals surface area contributed by atoms with Crippen molar-refractivity contribution in [1.82, 2.24) is 30.2 Å². The molecule has 0 saturated carbocycles. The van der Waals surface area contributed by atoms with Crippen LogP contribution in [0.2, 0.25) is 0 Å². The van der Waals surface area contributed by atoms with E-state index in [1.54, 1.807) is 40.0 Å². The number of hydrazine groups is 1. The summed E-state index contributed by atoms with van der Waals surface area (Å²) in [7, 11) is 1.68. The van der Waals surface area contributed by atoms with Crippen LogP contribution in [0.15, 0.2) is 48.7 Å². The predicted molar refractivity (Wildman–Crippen MR) is 261 cm³/mol. The number of anilines is 1. The van der Waals surface area contributed by atoms with E-state index in [1.807, 2.05) is 25.3 Å². The number of hydrogen-bond acceptors (Lipinski definition) is 12. The smallest absolute Gasteiger partial charge is 0.408 e. The number of aryl methyl sites for hydroxylation is 1. The Morgan fingerprint density at radius 2 is 1.78 bits per heavy atom. The number of halogens is 1. The van der Waals surface area contributed by atoms with E-state index < -0.39 is 47.7 Å². The van der Waals surface area contributed by atoms with Crippen LogP contribution in [-0.4, -0.2) is 132 Å². The van der Waals surface area contributed by atoms with Gasteiger partial charge in [0.1, 0.15) is 24.4 Å². The molecule has 4 atom stereocenters. The van der Waals surface area contributed by atoms with Gasteiger partial charge in [-0.1, -0.05) is 32.0 Å². The van der Waals surface area contributed by atoms with Crippen LogP contribution in [0.3, 0.4) is 0 Å². The Bertz CT molecular complexity index is 2520. The van der Waals surface area contributed by atoms with Crippen LogP contribution in [0.5, 0.6) is 0 Å². The number of pyridine rings is 1. The summed E-state index contributed by atoms with van der Waals surface area (Å²) in [6.07, 6.45) is 2.07. The van der Waals surface area contributed by atoms with Crippen LogP contribution in [0.4, 0.5) is 14.9 Å². The molecule has 2 aromatic heterocycles. The van der Waals surface area contributed by atoms with Crippen molar-refractivity contribution in [3.63, 3.8) is 0 Å². The van der Waals surface area contributed by atoms with Crippen LogP contribution in [0.1, 0.15) is 96.7 Å². The number of esters is 1. The van der Waals surface area contributed by atoms with Gasteiger partial charge < -0.3 is 38.8 Å². The summed E-state index contributed by atoms with van der Waals surface area (Å²) in [4.78, 5) is 61.5. The van der Waals surface area contributed by atoms with Gasteiger partial charge >= 0.3 is 18.0 Å². The average molecular weight is 956 g/mol. The van der Waals surface area contributed by atoms with Crippen LogP contribution >= 0.6 is 0 Å². The Morgan fingerprint density at radius 1 is 1.01 bits per heavy atom. The van der Waals surface area contributed by atoms with Crippen molar-refractivity contribution >= 4 is 40.5 Å². The number of nitrogens with zero attached hydrogens (tertiary/aromatic N) is 5. The lowest BCUT2D eigenvalue weighted by Crippen LogP contribution is -2.60. The molecule has 0 spiro atoms. The molecular formula is C52H70FN7O9. The number of alkyl carbamates (subject to hydrolysis) is 1. The third-order valence-electron chi connectivity index (χ3n) is 13.2. The number of carbonyl (C=O) groups is 4. The highest BCUT2D eigenvalue weighted by atomic mass is 19.1. The number of carboxylic acids is 1. The minimum absolute atomic E-state index is 0.0321. The SMILES string of the molecule is CCn1c(-c2cc(N3CCN4CCOC[C@@H]4C3)cnc2C(C)OC)c(CC(C)(C)COC(C)=O)c2cc(-c3cc(CF)cc(CC(NC(=O)OC(C)(C)C)C(=O)N4CCC[C@@H](C(=O)O)N4)c3)ccc21. The zero-order chi connectivity index (χ0) is 49.8. The van der Waals surface area contributed by atoms with Gasteiger partial charge in [0.25, 0.3) is 5.91 Å². The molecule has 5 heterocycles. The molecule has 3 saturated heterocycles. The monoisotopic (exact) mass is 956 g/mol. The number of hydrogen-bond donors (Lipinski definition) is 3. The summed E-state index contributed by atoms with van der Waals surface area (Å²) in [6, 6.07) is 12.0. The average Bonchev–Trinajstić information content (AvgIpc) is 3.62. The standard InChI is InChI=1S/C52H70FN7O9/c1-10-59-45-14-13-36(37-21-34(20-35(22-37)27-53)23-44(55-50(65)69-51(4,5)6)48(62)60-15-11-12-43(56-60)49(63)64)24-40(45)42(26-52(7,8)31-68-33(3)61)47(59)41-25-38(28-54-46(41)32(2)66-9)58-17-16-57-18-19-67-30-39(57)29-58/h13-14,20-22,24-25,28,32,39,43-44,56H,10-12,15-19,23,26-27,29-31H2,1-9H3,(H,55,65)(H,63,64)/t32?,39-,43-,44?/m0/s1. The maximum atomic E-state index is 14.9. The van der Waals surface area contributed by atoms with E-state index in [1.165, 1.54) is 11.9 Å². The number of methoxy groups -OCH3 is 1. The lowest BCUT2D eigenvalue weighted by molar-refractivity contribution is -0.148. The van der Waals surface area contributed by atoms with Gasteiger partial charge in [-0.25, -0.2) is 14.6 Å². The molecule has 7 rings (SSSR count). The van der Waals surface area contributed by atoms with Crippen molar-refractivity contribution in [1.29, 1.82) is 0 Å². The number of piperazine rings is 1. The van der Waals surface area contributed by atoms with Crippen LogP contribution in [-0.2, 0) is 59.4 Å².